The fraction of sp³-hybridized carbons (Fsp3) is 0.300. The molecule has 0 aliphatic rings. The predicted octanol–water partition coefficient (Wildman–Crippen LogP) is 4.11. The fourth-order valence-electron chi connectivity index (χ4n) is 2.15. The molecule has 2 aromatic carbocycles. The maximum absolute atomic E-state index is 12.3. The number of carbonyl (C=O) groups excluding carboxylic acids is 2. The molecule has 0 saturated carbocycles. The summed E-state index contributed by atoms with van der Waals surface area (Å²) in [7, 11) is 0. The van der Waals surface area contributed by atoms with E-state index in [1.807, 2.05) is 51.1 Å². The van der Waals surface area contributed by atoms with Gasteiger partial charge in [0.05, 0.1) is 17.0 Å². The van der Waals surface area contributed by atoms with E-state index in [1.54, 1.807) is 18.2 Å². The van der Waals surface area contributed by atoms with Gasteiger partial charge in [0.25, 0.3) is 5.91 Å². The van der Waals surface area contributed by atoms with E-state index in [9.17, 15) is 9.59 Å². The number of para-hydroxylation sites is 1. The van der Waals surface area contributed by atoms with Gasteiger partial charge >= 0.3 is 0 Å². The Morgan fingerprint density at radius 2 is 1.72 bits per heavy atom. The number of rotatable bonds is 7. The first-order chi connectivity index (χ1) is 12.0. The molecular weight excluding hydrogens is 332 g/mol. The molecule has 0 aromatic heterocycles. The summed E-state index contributed by atoms with van der Waals surface area (Å²) in [5, 5.41) is 5.72. The Hall–Kier alpha value is -2.27. The summed E-state index contributed by atoms with van der Waals surface area (Å²) >= 11 is 1.47. The summed E-state index contributed by atoms with van der Waals surface area (Å²) < 4.78 is 0. The first-order valence-electron chi connectivity index (χ1n) is 8.32. The Bertz CT molecular complexity index is 727. The van der Waals surface area contributed by atoms with Crippen molar-refractivity contribution in [3.63, 3.8) is 0 Å². The van der Waals surface area contributed by atoms with Crippen LogP contribution < -0.4 is 10.6 Å². The molecule has 0 atom stereocenters. The van der Waals surface area contributed by atoms with E-state index < -0.39 is 0 Å². The summed E-state index contributed by atoms with van der Waals surface area (Å²) in [5.74, 6) is 0.368. The van der Waals surface area contributed by atoms with Crippen LogP contribution in [0.3, 0.4) is 0 Å². The highest BCUT2D eigenvalue weighted by atomic mass is 32.2. The van der Waals surface area contributed by atoms with Crippen molar-refractivity contribution in [2.75, 3.05) is 17.6 Å². The molecular formula is C20H24N2O2S. The number of carbonyl (C=O) groups is 2. The van der Waals surface area contributed by atoms with E-state index in [4.69, 9.17) is 0 Å². The third-order valence-corrected chi connectivity index (χ3v) is 4.52. The molecule has 2 aromatic rings. The molecule has 0 aliphatic carbocycles. The van der Waals surface area contributed by atoms with Gasteiger partial charge in [0.1, 0.15) is 0 Å². The average molecular weight is 356 g/mol. The number of benzene rings is 2. The van der Waals surface area contributed by atoms with Crippen molar-refractivity contribution in [2.45, 2.75) is 25.7 Å². The fourth-order valence-corrected chi connectivity index (χ4v) is 2.85. The van der Waals surface area contributed by atoms with Crippen molar-refractivity contribution < 1.29 is 9.59 Å². The summed E-state index contributed by atoms with van der Waals surface area (Å²) in [6.07, 6.45) is 0. The van der Waals surface area contributed by atoms with Crippen LogP contribution >= 0.6 is 11.8 Å². The molecule has 0 saturated heterocycles. The van der Waals surface area contributed by atoms with Gasteiger partial charge in [-0.1, -0.05) is 43.7 Å². The molecule has 2 rings (SSSR count). The van der Waals surface area contributed by atoms with Crippen molar-refractivity contribution in [3.05, 3.63) is 59.7 Å². The van der Waals surface area contributed by atoms with Gasteiger partial charge in [-0.25, -0.2) is 0 Å². The van der Waals surface area contributed by atoms with Gasteiger partial charge in [-0.3, -0.25) is 9.59 Å². The number of thioether (sulfide) groups is 1. The van der Waals surface area contributed by atoms with E-state index >= 15 is 0 Å². The minimum Gasteiger partial charge on any atom is -0.352 e. The lowest BCUT2D eigenvalue weighted by Crippen LogP contribution is -2.28. The topological polar surface area (TPSA) is 58.2 Å². The lowest BCUT2D eigenvalue weighted by atomic mass is 10.1. The second-order valence-electron chi connectivity index (χ2n) is 6.30. The summed E-state index contributed by atoms with van der Waals surface area (Å²) in [4.78, 5) is 25.6. The zero-order valence-corrected chi connectivity index (χ0v) is 15.7. The van der Waals surface area contributed by atoms with Gasteiger partial charge in [-0.2, -0.15) is 0 Å². The van der Waals surface area contributed by atoms with E-state index in [1.165, 1.54) is 17.3 Å². The van der Waals surface area contributed by atoms with Crippen LogP contribution in [0.1, 0.15) is 29.8 Å². The number of anilines is 1. The number of hydrogen-bond donors (Lipinski definition) is 2. The second kappa shape index (κ2) is 9.28. The quantitative estimate of drug-likeness (QED) is 0.734. The molecule has 2 amide bonds. The van der Waals surface area contributed by atoms with Crippen LogP contribution in [-0.2, 0) is 4.79 Å². The molecule has 0 aliphatic heterocycles. The van der Waals surface area contributed by atoms with Crippen LogP contribution in [0.15, 0.2) is 53.4 Å². The van der Waals surface area contributed by atoms with Crippen molar-refractivity contribution in [3.8, 4) is 0 Å². The number of amides is 2. The van der Waals surface area contributed by atoms with E-state index in [0.717, 1.165) is 4.90 Å². The van der Waals surface area contributed by atoms with E-state index in [2.05, 4.69) is 10.6 Å². The number of hydrogen-bond acceptors (Lipinski definition) is 3. The third kappa shape index (κ3) is 6.27. The highest BCUT2D eigenvalue weighted by Crippen LogP contribution is 2.20. The highest BCUT2D eigenvalue weighted by molar-refractivity contribution is 8.00. The summed E-state index contributed by atoms with van der Waals surface area (Å²) in [6.45, 7) is 6.71. The zero-order chi connectivity index (χ0) is 18.2. The van der Waals surface area contributed by atoms with Gasteiger partial charge < -0.3 is 10.6 Å². The molecule has 0 radical (unpaired) electrons. The molecule has 0 fully saturated rings. The Kier molecular flexibility index (Phi) is 7.07. The number of aryl methyl sites for hydroxylation is 1. The van der Waals surface area contributed by atoms with Gasteiger partial charge in [0.15, 0.2) is 0 Å². The van der Waals surface area contributed by atoms with Crippen LogP contribution in [0.25, 0.3) is 0 Å². The first kappa shape index (κ1) is 19.1. The lowest BCUT2D eigenvalue weighted by Gasteiger charge is -2.12. The van der Waals surface area contributed by atoms with Crippen LogP contribution in [0.4, 0.5) is 5.69 Å². The minimum absolute atomic E-state index is 0.130. The molecule has 4 nitrogen and oxygen atoms in total. The first-order valence-corrected chi connectivity index (χ1v) is 9.31. The zero-order valence-electron chi connectivity index (χ0n) is 14.8. The Balaban J connectivity index is 1.96. The van der Waals surface area contributed by atoms with Crippen molar-refractivity contribution in [1.29, 1.82) is 0 Å². The maximum atomic E-state index is 12.3. The van der Waals surface area contributed by atoms with E-state index in [-0.39, 0.29) is 11.8 Å². The Morgan fingerprint density at radius 3 is 2.40 bits per heavy atom. The SMILES string of the molecule is Cc1ccc(SCC(=O)Nc2ccccc2C(=O)NCC(C)C)cc1. The smallest absolute Gasteiger partial charge is 0.253 e. The van der Waals surface area contributed by atoms with Crippen LogP contribution in [0.2, 0.25) is 0 Å². The maximum Gasteiger partial charge on any atom is 0.253 e. The van der Waals surface area contributed by atoms with E-state index in [0.29, 0.717) is 29.5 Å². The summed E-state index contributed by atoms with van der Waals surface area (Å²) in [5.41, 5.74) is 2.21. The number of nitrogens with one attached hydrogen (secondary N) is 2. The van der Waals surface area contributed by atoms with Crippen LogP contribution in [0.5, 0.6) is 0 Å². The van der Waals surface area contributed by atoms with Crippen molar-refractivity contribution in [1.82, 2.24) is 5.32 Å². The monoisotopic (exact) mass is 356 g/mol. The molecule has 0 spiro atoms. The minimum atomic E-state index is -0.171. The van der Waals surface area contributed by atoms with Crippen LogP contribution in [0, 0.1) is 12.8 Å². The standard InChI is InChI=1S/C20H24N2O2S/c1-14(2)12-21-20(24)17-6-4-5-7-18(17)22-19(23)13-25-16-10-8-15(3)9-11-16/h4-11,14H,12-13H2,1-3H3,(H,21,24)(H,22,23). The third-order valence-electron chi connectivity index (χ3n) is 3.51. The largest absolute Gasteiger partial charge is 0.352 e. The highest BCUT2D eigenvalue weighted by Gasteiger charge is 2.13. The van der Waals surface area contributed by atoms with Gasteiger partial charge in [-0.15, -0.1) is 11.8 Å². The summed E-state index contributed by atoms with van der Waals surface area (Å²) in [6, 6.07) is 15.1. The van der Waals surface area contributed by atoms with Gasteiger partial charge in [0, 0.05) is 11.4 Å². The normalized spacial score (nSPS) is 10.6. The molecule has 132 valence electrons. The van der Waals surface area contributed by atoms with Crippen molar-refractivity contribution >= 4 is 29.3 Å². The second-order valence-corrected chi connectivity index (χ2v) is 7.35. The molecule has 0 bridgehead atoms. The Morgan fingerprint density at radius 1 is 1.04 bits per heavy atom. The predicted molar refractivity (Wildman–Crippen MR) is 104 cm³/mol. The molecule has 25 heavy (non-hydrogen) atoms. The van der Waals surface area contributed by atoms with Crippen LogP contribution in [-0.4, -0.2) is 24.1 Å². The van der Waals surface area contributed by atoms with Gasteiger partial charge in [-0.05, 0) is 37.1 Å². The molecule has 2 N–H and O–H groups in total. The Labute approximate surface area is 153 Å². The molecule has 5 heteroatoms. The molecule has 0 heterocycles. The lowest BCUT2D eigenvalue weighted by molar-refractivity contribution is -0.113. The van der Waals surface area contributed by atoms with Crippen molar-refractivity contribution in [2.24, 2.45) is 5.92 Å². The van der Waals surface area contributed by atoms with Gasteiger partial charge in [0.2, 0.25) is 5.91 Å². The molecule has 0 unspecified atom stereocenters. The average Bonchev–Trinajstić information content (AvgIpc) is 2.59.